The number of thioether (sulfide) groups is 1. The van der Waals surface area contributed by atoms with Gasteiger partial charge in [-0.05, 0) is 18.4 Å². The summed E-state index contributed by atoms with van der Waals surface area (Å²) in [5.41, 5.74) is 0.486. The average molecular weight is 328 g/mol. The number of carbonyl (C=O) groups is 2. The lowest BCUT2D eigenvalue weighted by molar-refractivity contribution is -0.118. The second-order valence-corrected chi connectivity index (χ2v) is 7.13. The Morgan fingerprint density at radius 3 is 2.90 bits per heavy atom. The highest BCUT2D eigenvalue weighted by atomic mass is 32.2. The fraction of sp³-hybridized carbons (Fsp3) is 0.250. The second-order valence-electron chi connectivity index (χ2n) is 3.82. The zero-order valence-corrected chi connectivity index (χ0v) is 13.0. The van der Waals surface area contributed by atoms with Gasteiger partial charge in [-0.1, -0.05) is 6.07 Å². The zero-order valence-electron chi connectivity index (χ0n) is 10.6. The molecule has 106 valence electrons. The molecule has 2 aromatic rings. The third-order valence-corrected chi connectivity index (χ3v) is 5.59. The molecule has 0 aliphatic carbocycles. The van der Waals surface area contributed by atoms with Crippen LogP contribution in [0.15, 0.2) is 21.7 Å². The van der Waals surface area contributed by atoms with E-state index in [1.54, 1.807) is 18.3 Å². The van der Waals surface area contributed by atoms with E-state index >= 15 is 0 Å². The lowest BCUT2D eigenvalue weighted by Gasteiger charge is -2.01. The van der Waals surface area contributed by atoms with Crippen LogP contribution in [0.25, 0.3) is 0 Å². The number of nitrogens with zero attached hydrogens (tertiary/aromatic N) is 1. The molecule has 2 N–H and O–H groups in total. The Kier molecular flexibility index (Phi) is 5.16. The van der Waals surface area contributed by atoms with Crippen molar-refractivity contribution in [3.63, 3.8) is 0 Å². The lowest BCUT2D eigenvalue weighted by atomic mass is 10.4. The van der Waals surface area contributed by atoms with Crippen molar-refractivity contribution in [1.29, 1.82) is 0 Å². The van der Waals surface area contributed by atoms with E-state index in [2.05, 4.69) is 10.3 Å². The molecule has 0 aromatic carbocycles. The van der Waals surface area contributed by atoms with Crippen LogP contribution in [0.5, 0.6) is 0 Å². The molecule has 20 heavy (non-hydrogen) atoms. The van der Waals surface area contributed by atoms with Crippen LogP contribution in [0.1, 0.15) is 20.4 Å². The van der Waals surface area contributed by atoms with Gasteiger partial charge in [0, 0.05) is 0 Å². The number of thiazole rings is 1. The van der Waals surface area contributed by atoms with E-state index in [1.165, 1.54) is 11.8 Å². The van der Waals surface area contributed by atoms with Gasteiger partial charge in [-0.3, -0.25) is 4.79 Å². The third-order valence-electron chi connectivity index (χ3n) is 2.31. The first-order chi connectivity index (χ1) is 9.56. The first-order valence-corrected chi connectivity index (χ1v) is 8.37. The standard InChI is InChI=1S/C12H12N2O3S3/c1-7-11(12(16)17)20-9(14-7)5-13-8(15)6-19-10-3-2-4-18-10/h2-4H,5-6H2,1H3,(H,13,15)(H,16,17). The van der Waals surface area contributed by atoms with Gasteiger partial charge in [0.05, 0.1) is 22.2 Å². The molecule has 0 aliphatic heterocycles. The Labute approximate surface area is 128 Å². The summed E-state index contributed by atoms with van der Waals surface area (Å²) in [6.07, 6.45) is 0. The number of rotatable bonds is 6. The van der Waals surface area contributed by atoms with Crippen LogP contribution < -0.4 is 5.32 Å². The molecule has 0 atom stereocenters. The third kappa shape index (κ3) is 4.06. The van der Waals surface area contributed by atoms with E-state index in [9.17, 15) is 9.59 Å². The summed E-state index contributed by atoms with van der Waals surface area (Å²) in [6.45, 7) is 1.92. The minimum absolute atomic E-state index is 0.0897. The fourth-order valence-corrected chi connectivity index (χ4v) is 3.89. The van der Waals surface area contributed by atoms with E-state index in [-0.39, 0.29) is 17.3 Å². The number of thiophene rings is 1. The van der Waals surface area contributed by atoms with Crippen LogP contribution >= 0.6 is 34.4 Å². The van der Waals surface area contributed by atoms with Crippen molar-refractivity contribution in [3.8, 4) is 0 Å². The van der Waals surface area contributed by atoms with Crippen molar-refractivity contribution in [1.82, 2.24) is 10.3 Å². The van der Waals surface area contributed by atoms with E-state index < -0.39 is 5.97 Å². The Bertz CT molecular complexity index is 608. The summed E-state index contributed by atoms with van der Waals surface area (Å²) in [4.78, 5) is 26.9. The summed E-state index contributed by atoms with van der Waals surface area (Å²) in [5.74, 6) is -0.727. The summed E-state index contributed by atoms with van der Waals surface area (Å²) in [6, 6.07) is 3.91. The molecule has 1 amide bonds. The van der Waals surface area contributed by atoms with Crippen molar-refractivity contribution >= 4 is 46.3 Å². The molecule has 8 heteroatoms. The maximum atomic E-state index is 11.7. The van der Waals surface area contributed by atoms with Gasteiger partial charge < -0.3 is 10.4 Å². The minimum Gasteiger partial charge on any atom is -0.477 e. The number of nitrogens with one attached hydrogen (secondary N) is 1. The smallest absolute Gasteiger partial charge is 0.347 e. The monoisotopic (exact) mass is 328 g/mol. The second kappa shape index (κ2) is 6.87. The highest BCUT2D eigenvalue weighted by Crippen LogP contribution is 2.23. The molecule has 0 fully saturated rings. The molecule has 0 spiro atoms. The predicted molar refractivity (Wildman–Crippen MR) is 80.7 cm³/mol. The van der Waals surface area contributed by atoms with Crippen molar-refractivity contribution in [3.05, 3.63) is 33.1 Å². The normalized spacial score (nSPS) is 10.4. The molecule has 0 radical (unpaired) electrons. The first-order valence-electron chi connectivity index (χ1n) is 5.69. The SMILES string of the molecule is Cc1nc(CNC(=O)CSc2cccs2)sc1C(=O)O. The molecule has 0 bridgehead atoms. The van der Waals surface area contributed by atoms with Crippen molar-refractivity contribution < 1.29 is 14.7 Å². The predicted octanol–water partition coefficient (Wildman–Crippen LogP) is 2.62. The molecule has 0 unspecified atom stereocenters. The van der Waals surface area contributed by atoms with Crippen LogP contribution in [0.3, 0.4) is 0 Å². The summed E-state index contributed by atoms with van der Waals surface area (Å²) >= 11 is 4.17. The van der Waals surface area contributed by atoms with E-state index in [0.29, 0.717) is 16.5 Å². The van der Waals surface area contributed by atoms with Gasteiger partial charge in [0.15, 0.2) is 0 Å². The molecule has 2 aromatic heterocycles. The van der Waals surface area contributed by atoms with Crippen LogP contribution in [-0.2, 0) is 11.3 Å². The Morgan fingerprint density at radius 2 is 2.30 bits per heavy atom. The number of carbonyl (C=O) groups excluding carboxylic acids is 1. The summed E-state index contributed by atoms with van der Waals surface area (Å²) in [7, 11) is 0. The molecular formula is C12H12N2O3S3. The van der Waals surface area contributed by atoms with Crippen molar-refractivity contribution in [2.75, 3.05) is 5.75 Å². The van der Waals surface area contributed by atoms with Gasteiger partial charge in [-0.25, -0.2) is 9.78 Å². The Balaban J connectivity index is 1.81. The molecule has 2 rings (SSSR count). The summed E-state index contributed by atoms with van der Waals surface area (Å²) in [5, 5.41) is 14.2. The number of carboxylic acids is 1. The molecule has 0 saturated carbocycles. The Hall–Kier alpha value is -1.38. The van der Waals surface area contributed by atoms with Gasteiger partial charge in [-0.15, -0.1) is 34.4 Å². The average Bonchev–Trinajstić information content (AvgIpc) is 3.03. The quantitative estimate of drug-likeness (QED) is 0.797. The first kappa shape index (κ1) is 15.0. The number of aromatic carboxylic acids is 1. The van der Waals surface area contributed by atoms with Gasteiger partial charge in [0.25, 0.3) is 0 Å². The molecule has 0 saturated heterocycles. The van der Waals surface area contributed by atoms with E-state index in [1.807, 2.05) is 17.5 Å². The number of aromatic nitrogens is 1. The zero-order chi connectivity index (χ0) is 14.5. The van der Waals surface area contributed by atoms with Crippen LogP contribution in [0.2, 0.25) is 0 Å². The summed E-state index contributed by atoms with van der Waals surface area (Å²) < 4.78 is 1.10. The van der Waals surface area contributed by atoms with Gasteiger partial charge in [0.2, 0.25) is 5.91 Å². The van der Waals surface area contributed by atoms with Gasteiger partial charge >= 0.3 is 5.97 Å². The van der Waals surface area contributed by atoms with Crippen LogP contribution in [-0.4, -0.2) is 27.7 Å². The molecule has 2 heterocycles. The molecular weight excluding hydrogens is 316 g/mol. The van der Waals surface area contributed by atoms with Gasteiger partial charge in [-0.2, -0.15) is 0 Å². The topological polar surface area (TPSA) is 79.3 Å². The number of hydrogen-bond donors (Lipinski definition) is 2. The molecule has 5 nitrogen and oxygen atoms in total. The Morgan fingerprint density at radius 1 is 1.50 bits per heavy atom. The highest BCUT2D eigenvalue weighted by Gasteiger charge is 2.14. The number of carboxylic acid groups (broad SMARTS) is 1. The highest BCUT2D eigenvalue weighted by molar-refractivity contribution is 8.01. The maximum absolute atomic E-state index is 11.7. The van der Waals surface area contributed by atoms with Crippen LogP contribution in [0.4, 0.5) is 0 Å². The number of amides is 1. The fourth-order valence-electron chi connectivity index (χ4n) is 1.43. The maximum Gasteiger partial charge on any atom is 0.347 e. The van der Waals surface area contributed by atoms with E-state index in [4.69, 9.17) is 5.11 Å². The lowest BCUT2D eigenvalue weighted by Crippen LogP contribution is -2.24. The number of hydrogen-bond acceptors (Lipinski definition) is 6. The van der Waals surface area contributed by atoms with Gasteiger partial charge in [0.1, 0.15) is 9.88 Å². The minimum atomic E-state index is -0.981. The largest absolute Gasteiger partial charge is 0.477 e. The van der Waals surface area contributed by atoms with Crippen molar-refractivity contribution in [2.24, 2.45) is 0 Å². The number of aryl methyl sites for hydroxylation is 1. The molecule has 0 aliphatic rings. The van der Waals surface area contributed by atoms with Crippen molar-refractivity contribution in [2.45, 2.75) is 17.7 Å². The van der Waals surface area contributed by atoms with Crippen LogP contribution in [0, 0.1) is 6.92 Å². The van der Waals surface area contributed by atoms with E-state index in [0.717, 1.165) is 15.5 Å².